The van der Waals surface area contributed by atoms with E-state index >= 15 is 0 Å². The van der Waals surface area contributed by atoms with E-state index in [0.29, 0.717) is 17.4 Å². The number of benzene rings is 1. The van der Waals surface area contributed by atoms with E-state index in [-0.39, 0.29) is 11.6 Å². The molecule has 0 saturated heterocycles. The van der Waals surface area contributed by atoms with Gasteiger partial charge in [0, 0.05) is 6.54 Å². The van der Waals surface area contributed by atoms with Gasteiger partial charge in [-0.25, -0.2) is 9.78 Å². The molecule has 104 valence electrons. The van der Waals surface area contributed by atoms with Gasteiger partial charge >= 0.3 is 12.0 Å². The summed E-state index contributed by atoms with van der Waals surface area (Å²) in [7, 11) is 1.46. The zero-order valence-corrected chi connectivity index (χ0v) is 11.4. The number of anilines is 1. The first-order chi connectivity index (χ1) is 9.60. The molecule has 0 aliphatic carbocycles. The molecule has 2 N–H and O–H groups in total. The lowest BCUT2D eigenvalue weighted by molar-refractivity contribution is 0.0697. The zero-order valence-electron chi connectivity index (χ0n) is 10.6. The van der Waals surface area contributed by atoms with E-state index in [0.717, 1.165) is 5.56 Å². The molecule has 6 nitrogen and oxygen atoms in total. The standard InChI is InChI=1S/C13H12ClN3O3/c1-20-13-16-7-10(14)11(17-13)15-6-8-3-2-4-9(5-8)12(18)19/h2-5,7H,6H2,1H3,(H,18,19)(H,15,16,17). The van der Waals surface area contributed by atoms with Crippen LogP contribution in [0.4, 0.5) is 5.82 Å². The number of carboxylic acids is 1. The maximum absolute atomic E-state index is 10.9. The summed E-state index contributed by atoms with van der Waals surface area (Å²) in [5.41, 5.74) is 1.04. The maximum Gasteiger partial charge on any atom is 0.335 e. The fourth-order valence-corrected chi connectivity index (χ4v) is 1.73. The minimum atomic E-state index is -0.964. The minimum absolute atomic E-state index is 0.205. The SMILES string of the molecule is COc1ncc(Cl)c(NCc2cccc(C(=O)O)c2)n1. The van der Waals surface area contributed by atoms with Gasteiger partial charge in [-0.1, -0.05) is 23.7 Å². The van der Waals surface area contributed by atoms with Gasteiger partial charge < -0.3 is 15.2 Å². The molecule has 1 heterocycles. The van der Waals surface area contributed by atoms with Crippen LogP contribution < -0.4 is 10.1 Å². The Morgan fingerprint density at radius 2 is 2.30 bits per heavy atom. The Labute approximate surface area is 120 Å². The fourth-order valence-electron chi connectivity index (χ4n) is 1.57. The van der Waals surface area contributed by atoms with Crippen molar-refractivity contribution in [2.75, 3.05) is 12.4 Å². The number of nitrogens with one attached hydrogen (secondary N) is 1. The van der Waals surface area contributed by atoms with Crippen molar-refractivity contribution in [1.82, 2.24) is 9.97 Å². The molecule has 0 atom stereocenters. The van der Waals surface area contributed by atoms with E-state index in [4.69, 9.17) is 21.4 Å². The van der Waals surface area contributed by atoms with Crippen LogP contribution in [0.2, 0.25) is 5.02 Å². The number of nitrogens with zero attached hydrogens (tertiary/aromatic N) is 2. The number of carboxylic acid groups (broad SMARTS) is 1. The summed E-state index contributed by atoms with van der Waals surface area (Å²) in [6.07, 6.45) is 1.43. The number of methoxy groups -OCH3 is 1. The highest BCUT2D eigenvalue weighted by Gasteiger charge is 2.07. The van der Waals surface area contributed by atoms with Crippen LogP contribution in [0.3, 0.4) is 0 Å². The molecule has 1 aromatic heterocycles. The molecule has 7 heteroatoms. The highest BCUT2D eigenvalue weighted by molar-refractivity contribution is 6.32. The molecule has 0 saturated carbocycles. The second-order valence-corrected chi connectivity index (χ2v) is 4.32. The van der Waals surface area contributed by atoms with Gasteiger partial charge in [-0.3, -0.25) is 0 Å². The average molecular weight is 294 g/mol. The molecule has 0 aliphatic rings. The summed E-state index contributed by atoms with van der Waals surface area (Å²) < 4.78 is 4.91. The number of carbonyl (C=O) groups is 1. The van der Waals surface area contributed by atoms with Crippen molar-refractivity contribution in [3.8, 4) is 6.01 Å². The molecule has 2 rings (SSSR count). The van der Waals surface area contributed by atoms with Crippen molar-refractivity contribution in [1.29, 1.82) is 0 Å². The summed E-state index contributed by atoms with van der Waals surface area (Å²) in [6, 6.07) is 6.82. The molecule has 0 spiro atoms. The van der Waals surface area contributed by atoms with Gasteiger partial charge in [-0.05, 0) is 17.7 Å². The Bertz CT molecular complexity index is 634. The van der Waals surface area contributed by atoms with E-state index in [2.05, 4.69) is 15.3 Å². The second-order valence-electron chi connectivity index (χ2n) is 3.91. The second kappa shape index (κ2) is 6.21. The fraction of sp³-hybridized carbons (Fsp3) is 0.154. The molecule has 0 fully saturated rings. The summed E-state index contributed by atoms with van der Waals surface area (Å²) in [5, 5.41) is 12.3. The number of aromatic nitrogens is 2. The number of ether oxygens (including phenoxy) is 1. The van der Waals surface area contributed by atoms with Gasteiger partial charge in [0.1, 0.15) is 5.02 Å². The molecule has 1 aromatic carbocycles. The molecule has 0 bridgehead atoms. The Morgan fingerprint density at radius 1 is 1.50 bits per heavy atom. The molecule has 0 aliphatic heterocycles. The number of hydrogen-bond acceptors (Lipinski definition) is 5. The van der Waals surface area contributed by atoms with Crippen LogP contribution >= 0.6 is 11.6 Å². The van der Waals surface area contributed by atoms with E-state index in [1.807, 2.05) is 6.07 Å². The Morgan fingerprint density at radius 3 is 3.00 bits per heavy atom. The predicted molar refractivity (Wildman–Crippen MR) is 74.3 cm³/mol. The summed E-state index contributed by atoms with van der Waals surface area (Å²) in [4.78, 5) is 18.8. The quantitative estimate of drug-likeness (QED) is 0.881. The molecule has 0 radical (unpaired) electrons. The van der Waals surface area contributed by atoms with Crippen LogP contribution in [0, 0.1) is 0 Å². The highest BCUT2D eigenvalue weighted by Crippen LogP contribution is 2.20. The van der Waals surface area contributed by atoms with Crippen molar-refractivity contribution in [3.05, 3.63) is 46.6 Å². The first-order valence-electron chi connectivity index (χ1n) is 5.73. The number of hydrogen-bond donors (Lipinski definition) is 2. The van der Waals surface area contributed by atoms with Crippen LogP contribution in [-0.2, 0) is 6.54 Å². The van der Waals surface area contributed by atoms with Gasteiger partial charge in [0.2, 0.25) is 0 Å². The third-order valence-electron chi connectivity index (χ3n) is 2.54. The normalized spacial score (nSPS) is 10.1. The number of halogens is 1. The molecule has 20 heavy (non-hydrogen) atoms. The summed E-state index contributed by atoms with van der Waals surface area (Å²) in [6.45, 7) is 0.390. The Kier molecular flexibility index (Phi) is 4.37. The van der Waals surface area contributed by atoms with Crippen molar-refractivity contribution in [3.63, 3.8) is 0 Å². The van der Waals surface area contributed by atoms with E-state index in [1.54, 1.807) is 12.1 Å². The molecule has 0 amide bonds. The third kappa shape index (κ3) is 3.36. The van der Waals surface area contributed by atoms with Crippen molar-refractivity contribution >= 4 is 23.4 Å². The summed E-state index contributed by atoms with van der Waals surface area (Å²) >= 11 is 5.96. The topological polar surface area (TPSA) is 84.3 Å². The van der Waals surface area contributed by atoms with E-state index in [1.165, 1.54) is 19.4 Å². The summed E-state index contributed by atoms with van der Waals surface area (Å²) in [5.74, 6) is -0.534. The molecular formula is C13H12ClN3O3. The highest BCUT2D eigenvalue weighted by atomic mass is 35.5. The molecular weight excluding hydrogens is 282 g/mol. The molecule has 2 aromatic rings. The maximum atomic E-state index is 10.9. The lowest BCUT2D eigenvalue weighted by atomic mass is 10.1. The lowest BCUT2D eigenvalue weighted by Crippen LogP contribution is -2.05. The van der Waals surface area contributed by atoms with Crippen molar-refractivity contribution in [2.45, 2.75) is 6.54 Å². The number of aromatic carboxylic acids is 1. The zero-order chi connectivity index (χ0) is 14.5. The third-order valence-corrected chi connectivity index (χ3v) is 2.82. The molecule has 0 unspecified atom stereocenters. The lowest BCUT2D eigenvalue weighted by Gasteiger charge is -2.08. The monoisotopic (exact) mass is 293 g/mol. The Balaban J connectivity index is 2.12. The average Bonchev–Trinajstić information content (AvgIpc) is 2.46. The van der Waals surface area contributed by atoms with Crippen LogP contribution in [0.5, 0.6) is 6.01 Å². The van der Waals surface area contributed by atoms with Gasteiger partial charge in [-0.15, -0.1) is 0 Å². The van der Waals surface area contributed by atoms with Crippen LogP contribution in [0.25, 0.3) is 0 Å². The first-order valence-corrected chi connectivity index (χ1v) is 6.10. The first kappa shape index (κ1) is 14.1. The van der Waals surface area contributed by atoms with E-state index < -0.39 is 5.97 Å². The van der Waals surface area contributed by atoms with E-state index in [9.17, 15) is 4.79 Å². The van der Waals surface area contributed by atoms with Gasteiger partial charge in [0.25, 0.3) is 0 Å². The van der Waals surface area contributed by atoms with Gasteiger partial charge in [0.05, 0.1) is 18.9 Å². The van der Waals surface area contributed by atoms with Gasteiger partial charge in [-0.2, -0.15) is 4.98 Å². The van der Waals surface area contributed by atoms with Gasteiger partial charge in [0.15, 0.2) is 5.82 Å². The van der Waals surface area contributed by atoms with Crippen LogP contribution in [0.15, 0.2) is 30.5 Å². The largest absolute Gasteiger partial charge is 0.478 e. The minimum Gasteiger partial charge on any atom is -0.478 e. The van der Waals surface area contributed by atoms with Crippen molar-refractivity contribution < 1.29 is 14.6 Å². The Hall–Kier alpha value is -2.34. The van der Waals surface area contributed by atoms with Crippen molar-refractivity contribution in [2.24, 2.45) is 0 Å². The smallest absolute Gasteiger partial charge is 0.335 e. The van der Waals surface area contributed by atoms with Crippen LogP contribution in [0.1, 0.15) is 15.9 Å². The predicted octanol–water partition coefficient (Wildman–Crippen LogP) is 2.45. The number of rotatable bonds is 5. The van der Waals surface area contributed by atoms with Crippen LogP contribution in [-0.4, -0.2) is 28.2 Å².